The second-order valence-electron chi connectivity index (χ2n) is 9.03. The Bertz CT molecular complexity index is 1240. The van der Waals surface area contributed by atoms with Gasteiger partial charge in [-0.15, -0.1) is 0 Å². The van der Waals surface area contributed by atoms with E-state index in [-0.39, 0.29) is 24.8 Å². The summed E-state index contributed by atoms with van der Waals surface area (Å²) in [4.78, 5) is 21.0. The van der Waals surface area contributed by atoms with Gasteiger partial charge in [0.05, 0.1) is 17.6 Å². The number of anilines is 1. The zero-order valence-corrected chi connectivity index (χ0v) is 19.9. The summed E-state index contributed by atoms with van der Waals surface area (Å²) in [5, 5.41) is 14.4. The lowest BCUT2D eigenvalue weighted by molar-refractivity contribution is -0.118. The molecule has 0 unspecified atom stereocenters. The summed E-state index contributed by atoms with van der Waals surface area (Å²) in [5.41, 5.74) is 1.35. The van der Waals surface area contributed by atoms with Gasteiger partial charge in [-0.1, -0.05) is 47.2 Å². The van der Waals surface area contributed by atoms with Crippen LogP contribution in [0.2, 0.25) is 5.02 Å². The lowest BCUT2D eigenvalue weighted by Gasteiger charge is -2.27. The summed E-state index contributed by atoms with van der Waals surface area (Å²) >= 11 is 8.01. The van der Waals surface area contributed by atoms with Crippen LogP contribution >= 0.6 is 22.9 Å². The highest BCUT2D eigenvalue weighted by Crippen LogP contribution is 2.51. The molecule has 0 spiro atoms. The zero-order valence-electron chi connectivity index (χ0n) is 18.4. The summed E-state index contributed by atoms with van der Waals surface area (Å²) in [6, 6.07) is 13.4. The molecule has 7 nitrogen and oxygen atoms in total. The topological polar surface area (TPSA) is 83.9 Å². The van der Waals surface area contributed by atoms with Gasteiger partial charge in [-0.05, 0) is 48.6 Å². The van der Waals surface area contributed by atoms with Crippen molar-refractivity contribution in [2.75, 3.05) is 25.2 Å². The summed E-state index contributed by atoms with van der Waals surface area (Å²) in [6.45, 7) is 1.55. The fraction of sp³-hybridized carbons (Fsp3) is 0.360. The van der Waals surface area contributed by atoms with Gasteiger partial charge in [0, 0.05) is 29.2 Å². The van der Waals surface area contributed by atoms with Crippen molar-refractivity contribution in [1.82, 2.24) is 9.88 Å². The normalized spacial score (nSPS) is 21.4. The van der Waals surface area contributed by atoms with E-state index in [4.69, 9.17) is 21.1 Å². The van der Waals surface area contributed by atoms with Crippen LogP contribution < -0.4 is 14.8 Å². The predicted octanol–water partition coefficient (Wildman–Crippen LogP) is 4.35. The van der Waals surface area contributed by atoms with E-state index in [1.165, 1.54) is 11.3 Å². The van der Waals surface area contributed by atoms with Crippen LogP contribution in [0.25, 0.3) is 0 Å². The molecule has 3 aromatic rings. The van der Waals surface area contributed by atoms with Crippen molar-refractivity contribution >= 4 is 34.0 Å². The first-order valence-electron chi connectivity index (χ1n) is 11.4. The first kappa shape index (κ1) is 21.9. The number of hydrogen-bond acceptors (Lipinski definition) is 7. The number of fused-ring (bicyclic) bond motifs is 1. The predicted molar refractivity (Wildman–Crippen MR) is 130 cm³/mol. The van der Waals surface area contributed by atoms with E-state index in [0.29, 0.717) is 28.2 Å². The third-order valence-electron chi connectivity index (χ3n) is 6.88. The molecule has 3 heterocycles. The Morgan fingerprint density at radius 3 is 2.82 bits per heavy atom. The molecule has 1 amide bonds. The van der Waals surface area contributed by atoms with E-state index in [2.05, 4.69) is 15.2 Å². The Morgan fingerprint density at radius 1 is 1.24 bits per heavy atom. The molecule has 1 saturated heterocycles. The SMILES string of the molecule is O=C(Nc1ncc([C@@H](c2ccccc2Cl)N2CC[C@H](O)C2)s1)C1(c2ccc3c(c2)OCO3)CC1. The molecule has 2 aromatic carbocycles. The number of likely N-dealkylation sites (tertiary alicyclic amines) is 1. The average Bonchev–Trinajstić information content (AvgIpc) is 3.13. The molecule has 1 aliphatic carbocycles. The Balaban J connectivity index is 1.25. The van der Waals surface area contributed by atoms with Crippen LogP contribution in [0.4, 0.5) is 5.13 Å². The Kier molecular flexibility index (Phi) is 5.49. The highest BCUT2D eigenvalue weighted by atomic mass is 35.5. The van der Waals surface area contributed by atoms with E-state index in [1.54, 1.807) is 6.20 Å². The van der Waals surface area contributed by atoms with Crippen LogP contribution in [0, 0.1) is 0 Å². The van der Waals surface area contributed by atoms with Crippen LogP contribution in [0.15, 0.2) is 48.7 Å². The summed E-state index contributed by atoms with van der Waals surface area (Å²) in [5.74, 6) is 1.34. The quantitative estimate of drug-likeness (QED) is 0.526. The van der Waals surface area contributed by atoms with Gasteiger partial charge in [0.25, 0.3) is 0 Å². The number of aliphatic hydroxyl groups excluding tert-OH is 1. The smallest absolute Gasteiger partial charge is 0.236 e. The van der Waals surface area contributed by atoms with Gasteiger partial charge in [0.1, 0.15) is 0 Å². The number of amides is 1. The molecular weight excluding hydrogens is 474 g/mol. The third kappa shape index (κ3) is 3.84. The number of aliphatic hydroxyl groups is 1. The minimum atomic E-state index is -0.561. The summed E-state index contributed by atoms with van der Waals surface area (Å²) in [6.07, 6.45) is 3.74. The van der Waals surface area contributed by atoms with Crippen molar-refractivity contribution in [2.24, 2.45) is 0 Å². The second-order valence-corrected chi connectivity index (χ2v) is 10.5. The number of benzene rings is 2. The first-order valence-corrected chi connectivity index (χ1v) is 12.6. The molecule has 2 fully saturated rings. The number of carbonyl (C=O) groups is 1. The molecule has 0 bridgehead atoms. The zero-order chi connectivity index (χ0) is 23.3. The summed E-state index contributed by atoms with van der Waals surface area (Å²) in [7, 11) is 0. The minimum absolute atomic E-state index is 0.0573. The van der Waals surface area contributed by atoms with E-state index in [0.717, 1.165) is 41.8 Å². The number of rotatable bonds is 6. The lowest BCUT2D eigenvalue weighted by Crippen LogP contribution is -2.28. The molecule has 6 rings (SSSR count). The molecule has 2 N–H and O–H groups in total. The molecule has 2 atom stereocenters. The number of aromatic nitrogens is 1. The van der Waals surface area contributed by atoms with E-state index in [1.807, 2.05) is 42.5 Å². The maximum absolute atomic E-state index is 13.3. The number of β-amino-alcohol motifs (C(OH)–C–C–N with tert-alkyl or cyclic N) is 1. The monoisotopic (exact) mass is 497 g/mol. The highest BCUT2D eigenvalue weighted by molar-refractivity contribution is 7.15. The van der Waals surface area contributed by atoms with Crippen LogP contribution in [-0.2, 0) is 10.2 Å². The molecule has 176 valence electrons. The molecule has 3 aliphatic rings. The van der Waals surface area contributed by atoms with Gasteiger partial charge < -0.3 is 19.9 Å². The largest absolute Gasteiger partial charge is 0.454 e. The number of hydrogen-bond donors (Lipinski definition) is 2. The lowest BCUT2D eigenvalue weighted by atomic mass is 9.94. The van der Waals surface area contributed by atoms with Crippen molar-refractivity contribution < 1.29 is 19.4 Å². The molecule has 9 heteroatoms. The molecule has 1 saturated carbocycles. The van der Waals surface area contributed by atoms with Crippen molar-refractivity contribution in [2.45, 2.75) is 36.8 Å². The maximum Gasteiger partial charge on any atom is 0.236 e. The van der Waals surface area contributed by atoms with Crippen molar-refractivity contribution in [3.63, 3.8) is 0 Å². The number of nitrogens with zero attached hydrogens (tertiary/aromatic N) is 2. The van der Waals surface area contributed by atoms with Crippen LogP contribution in [0.1, 0.15) is 41.3 Å². The minimum Gasteiger partial charge on any atom is -0.454 e. The fourth-order valence-corrected chi connectivity index (χ4v) is 6.09. The van der Waals surface area contributed by atoms with Crippen molar-refractivity contribution in [3.05, 3.63) is 69.7 Å². The van der Waals surface area contributed by atoms with E-state index >= 15 is 0 Å². The van der Waals surface area contributed by atoms with Gasteiger partial charge in [0.15, 0.2) is 16.6 Å². The first-order chi connectivity index (χ1) is 16.5. The number of nitrogens with one attached hydrogen (secondary N) is 1. The number of thiazole rings is 1. The van der Waals surface area contributed by atoms with Crippen LogP contribution in [-0.4, -0.2) is 46.9 Å². The molecule has 2 aliphatic heterocycles. The van der Waals surface area contributed by atoms with Crippen molar-refractivity contribution in [3.8, 4) is 11.5 Å². The van der Waals surface area contributed by atoms with Crippen LogP contribution in [0.3, 0.4) is 0 Å². The number of ether oxygens (including phenoxy) is 2. The van der Waals surface area contributed by atoms with E-state index in [9.17, 15) is 9.90 Å². The molecular formula is C25H24ClN3O4S. The summed E-state index contributed by atoms with van der Waals surface area (Å²) < 4.78 is 10.9. The van der Waals surface area contributed by atoms with Crippen LogP contribution in [0.5, 0.6) is 11.5 Å². The second kappa shape index (κ2) is 8.53. The standard InChI is InChI=1S/C25H24ClN3O4S/c26-18-4-2-1-3-17(18)22(29-10-7-16(30)13-29)21-12-27-24(34-21)28-23(31)25(8-9-25)15-5-6-19-20(11-15)33-14-32-19/h1-6,11-12,16,22,30H,7-10,13-14H2,(H,27,28,31)/t16-,22+/m0/s1. The molecule has 0 radical (unpaired) electrons. The Hall–Kier alpha value is -2.65. The van der Waals surface area contributed by atoms with Crippen molar-refractivity contribution in [1.29, 1.82) is 0 Å². The van der Waals surface area contributed by atoms with Gasteiger partial charge in [0.2, 0.25) is 12.7 Å². The van der Waals surface area contributed by atoms with Gasteiger partial charge in [-0.2, -0.15) is 0 Å². The Morgan fingerprint density at radius 2 is 2.06 bits per heavy atom. The number of halogens is 1. The fourth-order valence-electron chi connectivity index (χ4n) is 4.88. The van der Waals surface area contributed by atoms with E-state index < -0.39 is 5.41 Å². The third-order valence-corrected chi connectivity index (χ3v) is 8.19. The highest BCUT2D eigenvalue weighted by Gasteiger charge is 2.52. The van der Waals surface area contributed by atoms with Gasteiger partial charge >= 0.3 is 0 Å². The average molecular weight is 498 g/mol. The molecule has 1 aromatic heterocycles. The Labute approximate surface area is 206 Å². The van der Waals surface area contributed by atoms with Gasteiger partial charge in [-0.25, -0.2) is 4.98 Å². The maximum atomic E-state index is 13.3. The van der Waals surface area contributed by atoms with Gasteiger partial charge in [-0.3, -0.25) is 9.69 Å². The molecule has 34 heavy (non-hydrogen) atoms. The number of carbonyl (C=O) groups excluding carboxylic acids is 1.